The van der Waals surface area contributed by atoms with E-state index in [4.69, 9.17) is 10.5 Å². The number of carbonyl (C=O) groups is 3. The van der Waals surface area contributed by atoms with E-state index < -0.39 is 41.6 Å². The number of rotatable bonds is 6. The molecule has 1 rings (SSSR count). The minimum atomic E-state index is -1.27. The SMILES string of the molecule is CC(C)[C@@H](C(=O)O)N(C(=O)OC(C)(C)C)C(C(N)=O)c1ccccc1. The van der Waals surface area contributed by atoms with Gasteiger partial charge in [-0.2, -0.15) is 0 Å². The highest BCUT2D eigenvalue weighted by Crippen LogP contribution is 2.28. The standard InChI is InChI=1S/C18H26N2O5/c1-11(2)13(16(22)23)20(17(24)25-18(3,4)5)14(15(19)21)12-9-7-6-8-10-12/h6-11,13-14H,1-5H3,(H2,19,21)(H,22,23)/t13-,14?/m0/s1. The first-order valence-electron chi connectivity index (χ1n) is 8.04. The van der Waals surface area contributed by atoms with Gasteiger partial charge in [0.15, 0.2) is 0 Å². The molecule has 7 nitrogen and oxygen atoms in total. The zero-order valence-corrected chi connectivity index (χ0v) is 15.2. The normalized spacial score (nSPS) is 13.8. The Balaban J connectivity index is 3.48. The Bertz CT molecular complexity index is 622. The third-order valence-corrected chi connectivity index (χ3v) is 3.45. The Morgan fingerprint density at radius 2 is 1.64 bits per heavy atom. The van der Waals surface area contributed by atoms with Crippen molar-refractivity contribution in [2.45, 2.75) is 52.3 Å². The maximum atomic E-state index is 12.8. The Kier molecular flexibility index (Phi) is 6.55. The van der Waals surface area contributed by atoms with E-state index in [9.17, 15) is 19.5 Å². The van der Waals surface area contributed by atoms with E-state index in [0.717, 1.165) is 4.90 Å². The van der Waals surface area contributed by atoms with Gasteiger partial charge in [0.2, 0.25) is 5.91 Å². The largest absolute Gasteiger partial charge is 0.480 e. The molecule has 2 amide bonds. The van der Waals surface area contributed by atoms with E-state index in [1.54, 1.807) is 65.0 Å². The molecule has 0 aliphatic heterocycles. The van der Waals surface area contributed by atoms with Crippen LogP contribution in [-0.4, -0.2) is 39.6 Å². The van der Waals surface area contributed by atoms with E-state index in [1.807, 2.05) is 0 Å². The molecule has 0 bridgehead atoms. The molecule has 0 aromatic heterocycles. The molecule has 0 fully saturated rings. The molecule has 0 radical (unpaired) electrons. The van der Waals surface area contributed by atoms with Crippen LogP contribution >= 0.6 is 0 Å². The fourth-order valence-corrected chi connectivity index (χ4v) is 2.52. The van der Waals surface area contributed by atoms with Crippen molar-refractivity contribution in [3.05, 3.63) is 35.9 Å². The van der Waals surface area contributed by atoms with E-state index in [2.05, 4.69) is 0 Å². The van der Waals surface area contributed by atoms with E-state index >= 15 is 0 Å². The van der Waals surface area contributed by atoms with Gasteiger partial charge in [-0.05, 0) is 32.3 Å². The number of aliphatic carboxylic acids is 1. The molecule has 0 saturated heterocycles. The van der Waals surface area contributed by atoms with Gasteiger partial charge in [-0.15, -0.1) is 0 Å². The number of hydrogen-bond acceptors (Lipinski definition) is 4. The van der Waals surface area contributed by atoms with Crippen molar-refractivity contribution in [1.82, 2.24) is 4.90 Å². The van der Waals surface area contributed by atoms with Gasteiger partial charge in [0.1, 0.15) is 17.7 Å². The summed E-state index contributed by atoms with van der Waals surface area (Å²) in [7, 11) is 0. The number of carbonyl (C=O) groups excluding carboxylic acids is 2. The topological polar surface area (TPSA) is 110 Å². The molecule has 0 heterocycles. The quantitative estimate of drug-likeness (QED) is 0.819. The summed E-state index contributed by atoms with van der Waals surface area (Å²) >= 11 is 0. The summed E-state index contributed by atoms with van der Waals surface area (Å²) in [4.78, 5) is 37.6. The minimum absolute atomic E-state index is 0.424. The van der Waals surface area contributed by atoms with Gasteiger partial charge >= 0.3 is 12.1 Å². The first-order valence-corrected chi connectivity index (χ1v) is 8.04. The molecular formula is C18H26N2O5. The molecule has 0 spiro atoms. The number of primary amides is 1. The van der Waals surface area contributed by atoms with E-state index in [1.165, 1.54) is 0 Å². The molecule has 0 aliphatic carbocycles. The molecule has 2 atom stereocenters. The van der Waals surface area contributed by atoms with Crippen molar-refractivity contribution in [2.24, 2.45) is 11.7 Å². The van der Waals surface area contributed by atoms with Crippen LogP contribution in [0.5, 0.6) is 0 Å². The lowest BCUT2D eigenvalue weighted by Crippen LogP contribution is -2.54. The van der Waals surface area contributed by atoms with Crippen LogP contribution in [0, 0.1) is 5.92 Å². The summed E-state index contributed by atoms with van der Waals surface area (Å²) in [6.45, 7) is 8.29. The number of nitrogens with two attached hydrogens (primary N) is 1. The van der Waals surface area contributed by atoms with Gasteiger partial charge in [0.25, 0.3) is 0 Å². The molecule has 0 saturated carbocycles. The molecule has 3 N–H and O–H groups in total. The number of nitrogens with zero attached hydrogens (tertiary/aromatic N) is 1. The van der Waals surface area contributed by atoms with Gasteiger partial charge in [-0.25, -0.2) is 9.59 Å². The molecule has 138 valence electrons. The third kappa shape index (κ3) is 5.48. The van der Waals surface area contributed by atoms with Crippen LogP contribution in [0.25, 0.3) is 0 Å². The van der Waals surface area contributed by atoms with Crippen LogP contribution in [-0.2, 0) is 14.3 Å². The molecule has 1 aromatic carbocycles. The minimum Gasteiger partial charge on any atom is -0.480 e. The molecule has 1 unspecified atom stereocenters. The predicted molar refractivity (Wildman–Crippen MR) is 92.7 cm³/mol. The van der Waals surface area contributed by atoms with Crippen LogP contribution in [0.15, 0.2) is 30.3 Å². The molecule has 25 heavy (non-hydrogen) atoms. The van der Waals surface area contributed by atoms with Crippen molar-refractivity contribution in [1.29, 1.82) is 0 Å². The molecule has 1 aromatic rings. The van der Waals surface area contributed by atoms with E-state index in [0.29, 0.717) is 5.56 Å². The summed E-state index contributed by atoms with van der Waals surface area (Å²) < 4.78 is 5.35. The Morgan fingerprint density at radius 3 is 2.00 bits per heavy atom. The van der Waals surface area contributed by atoms with Crippen molar-refractivity contribution >= 4 is 18.0 Å². The average molecular weight is 350 g/mol. The van der Waals surface area contributed by atoms with Gasteiger partial charge in [-0.1, -0.05) is 44.2 Å². The first-order chi connectivity index (χ1) is 11.5. The lowest BCUT2D eigenvalue weighted by molar-refractivity contribution is -0.147. The Labute approximate surface area is 147 Å². The fraction of sp³-hybridized carbons (Fsp3) is 0.500. The molecule has 7 heteroatoms. The van der Waals surface area contributed by atoms with Crippen molar-refractivity contribution < 1.29 is 24.2 Å². The highest BCUT2D eigenvalue weighted by molar-refractivity contribution is 5.89. The second kappa shape index (κ2) is 8.00. The second-order valence-electron chi connectivity index (χ2n) is 7.13. The summed E-state index contributed by atoms with van der Waals surface area (Å²) in [6, 6.07) is 5.83. The van der Waals surface area contributed by atoms with E-state index in [-0.39, 0.29) is 0 Å². The fourth-order valence-electron chi connectivity index (χ4n) is 2.52. The summed E-state index contributed by atoms with van der Waals surface area (Å²) in [5, 5.41) is 9.64. The molecule has 0 aliphatic rings. The third-order valence-electron chi connectivity index (χ3n) is 3.45. The Hall–Kier alpha value is -2.57. The lowest BCUT2D eigenvalue weighted by atomic mass is 9.97. The maximum absolute atomic E-state index is 12.8. The number of hydrogen-bond donors (Lipinski definition) is 2. The van der Waals surface area contributed by atoms with Gasteiger partial charge < -0.3 is 15.6 Å². The Morgan fingerprint density at radius 1 is 1.12 bits per heavy atom. The number of benzene rings is 1. The summed E-state index contributed by atoms with van der Waals surface area (Å²) in [6.07, 6.45) is -0.902. The smallest absolute Gasteiger partial charge is 0.412 e. The van der Waals surface area contributed by atoms with Crippen LogP contribution in [0.1, 0.15) is 46.2 Å². The number of carboxylic acid groups (broad SMARTS) is 1. The average Bonchev–Trinajstić information content (AvgIpc) is 2.44. The van der Waals surface area contributed by atoms with Crippen molar-refractivity contribution in [3.8, 4) is 0 Å². The highest BCUT2D eigenvalue weighted by atomic mass is 16.6. The lowest BCUT2D eigenvalue weighted by Gasteiger charge is -2.37. The second-order valence-corrected chi connectivity index (χ2v) is 7.13. The highest BCUT2D eigenvalue weighted by Gasteiger charge is 2.42. The van der Waals surface area contributed by atoms with Crippen LogP contribution in [0.2, 0.25) is 0 Å². The van der Waals surface area contributed by atoms with Crippen LogP contribution in [0.3, 0.4) is 0 Å². The first kappa shape index (κ1) is 20.5. The van der Waals surface area contributed by atoms with Crippen LogP contribution < -0.4 is 5.73 Å². The zero-order chi connectivity index (χ0) is 19.4. The number of carboxylic acids is 1. The molecular weight excluding hydrogens is 324 g/mol. The maximum Gasteiger partial charge on any atom is 0.412 e. The summed E-state index contributed by atoms with van der Waals surface area (Å²) in [5.74, 6) is -2.53. The van der Waals surface area contributed by atoms with Crippen LogP contribution in [0.4, 0.5) is 4.79 Å². The van der Waals surface area contributed by atoms with Gasteiger partial charge in [-0.3, -0.25) is 9.69 Å². The number of amides is 2. The van der Waals surface area contributed by atoms with Crippen molar-refractivity contribution in [2.75, 3.05) is 0 Å². The monoisotopic (exact) mass is 350 g/mol. The van der Waals surface area contributed by atoms with Gasteiger partial charge in [0, 0.05) is 0 Å². The summed E-state index contributed by atoms with van der Waals surface area (Å²) in [5.41, 5.74) is 5.10. The van der Waals surface area contributed by atoms with Gasteiger partial charge in [0.05, 0.1) is 0 Å². The zero-order valence-electron chi connectivity index (χ0n) is 15.2. The van der Waals surface area contributed by atoms with Crippen molar-refractivity contribution in [3.63, 3.8) is 0 Å². The number of ether oxygens (including phenoxy) is 1. The predicted octanol–water partition coefficient (Wildman–Crippen LogP) is 2.56.